The number of allylic oxidation sites excluding steroid dienone is 2. The summed E-state index contributed by atoms with van der Waals surface area (Å²) in [5.41, 5.74) is 1.12. The predicted molar refractivity (Wildman–Crippen MR) is 94.6 cm³/mol. The Morgan fingerprint density at radius 2 is 1.81 bits per heavy atom. The molecule has 0 spiro atoms. The highest BCUT2D eigenvalue weighted by molar-refractivity contribution is 5.66. The number of esters is 1. The molecule has 0 aliphatic heterocycles. The summed E-state index contributed by atoms with van der Waals surface area (Å²) in [6.07, 6.45) is 9.02. The Balaban J connectivity index is 1.46. The molecule has 0 radical (unpaired) electrons. The molecular formula is C22H30F2O2. The number of fused-ring (bicyclic) bond motifs is 7. The van der Waals surface area contributed by atoms with Crippen molar-refractivity contribution < 1.29 is 18.3 Å². The number of hydrogen-bond donors (Lipinski definition) is 0. The summed E-state index contributed by atoms with van der Waals surface area (Å²) < 4.78 is 34.1. The Hall–Kier alpha value is -0.930. The van der Waals surface area contributed by atoms with Crippen LogP contribution in [0, 0.1) is 40.4 Å². The van der Waals surface area contributed by atoms with Crippen LogP contribution in [-0.4, -0.2) is 18.0 Å². The maximum atomic E-state index is 14.2. The molecule has 0 unspecified atom stereocenters. The van der Waals surface area contributed by atoms with Gasteiger partial charge in [0, 0.05) is 18.3 Å². The van der Waals surface area contributed by atoms with Gasteiger partial charge in [0.15, 0.2) is 0 Å². The first-order valence-electron chi connectivity index (χ1n) is 10.4. The van der Waals surface area contributed by atoms with Crippen LogP contribution < -0.4 is 0 Å². The van der Waals surface area contributed by atoms with Crippen LogP contribution in [0.25, 0.3) is 0 Å². The van der Waals surface area contributed by atoms with Crippen molar-refractivity contribution in [3.8, 4) is 0 Å². The fourth-order valence-corrected chi connectivity index (χ4v) is 7.90. The summed E-state index contributed by atoms with van der Waals surface area (Å²) in [5.74, 6) is -1.84. The summed E-state index contributed by atoms with van der Waals surface area (Å²) in [4.78, 5) is 11.5. The molecule has 5 aliphatic rings. The number of alkyl halides is 2. The van der Waals surface area contributed by atoms with Crippen LogP contribution in [0.4, 0.5) is 8.78 Å². The monoisotopic (exact) mass is 364 g/mol. The van der Waals surface area contributed by atoms with Gasteiger partial charge in [-0.05, 0) is 68.1 Å². The first-order valence-corrected chi connectivity index (χ1v) is 10.4. The SMILES string of the molecule is CC(=O)O[C@H]1CC[C@H]2[C@@H]3CC=C4[C@@H]5[C@H](CC[C@]4(C)[C@H]3CC[C@]12C)C5(F)F. The lowest BCUT2D eigenvalue weighted by atomic mass is 9.48. The van der Waals surface area contributed by atoms with Crippen LogP contribution in [0.3, 0.4) is 0 Å². The lowest BCUT2D eigenvalue weighted by Crippen LogP contribution is -2.51. The lowest BCUT2D eigenvalue weighted by molar-refractivity contribution is -0.156. The Kier molecular flexibility index (Phi) is 3.38. The third kappa shape index (κ3) is 1.99. The van der Waals surface area contributed by atoms with E-state index >= 15 is 0 Å². The molecule has 8 atom stereocenters. The molecule has 0 heterocycles. The van der Waals surface area contributed by atoms with Crippen LogP contribution in [0.15, 0.2) is 11.6 Å². The van der Waals surface area contributed by atoms with E-state index in [-0.39, 0.29) is 28.8 Å². The molecule has 0 N–H and O–H groups in total. The number of hydrogen-bond acceptors (Lipinski definition) is 2. The van der Waals surface area contributed by atoms with Crippen molar-refractivity contribution in [2.75, 3.05) is 0 Å². The van der Waals surface area contributed by atoms with E-state index in [0.717, 1.165) is 44.1 Å². The zero-order valence-corrected chi connectivity index (χ0v) is 16.1. The topological polar surface area (TPSA) is 26.3 Å². The summed E-state index contributed by atoms with van der Waals surface area (Å²) in [6, 6.07) is 0. The fourth-order valence-electron chi connectivity index (χ4n) is 7.90. The maximum absolute atomic E-state index is 14.2. The average Bonchev–Trinajstić information content (AvgIpc) is 2.96. The second-order valence-electron chi connectivity index (χ2n) is 10.2. The molecule has 0 bridgehead atoms. The highest BCUT2D eigenvalue weighted by atomic mass is 19.3. The standard InChI is InChI=1S/C22H30F2O2/c1-12(25)26-18-7-6-14-13-4-5-16-19-17(22(19,23)24)9-10-20(16,2)15(13)8-11-21(14,18)3/h5,13-15,17-19H,4,6-11H2,1-3H3/t13-,14-,15-,17-,18-,19+,20+,21-/m0/s1. The van der Waals surface area contributed by atoms with Gasteiger partial charge in [0.1, 0.15) is 6.10 Å². The molecule has 2 nitrogen and oxygen atoms in total. The minimum Gasteiger partial charge on any atom is -0.462 e. The molecule has 0 aromatic rings. The first-order chi connectivity index (χ1) is 12.2. The van der Waals surface area contributed by atoms with Gasteiger partial charge in [-0.2, -0.15) is 0 Å². The van der Waals surface area contributed by atoms with Gasteiger partial charge in [-0.1, -0.05) is 25.5 Å². The molecular weight excluding hydrogens is 334 g/mol. The first kappa shape index (κ1) is 17.2. The number of carbonyl (C=O) groups is 1. The minimum absolute atomic E-state index is 0.0348. The summed E-state index contributed by atoms with van der Waals surface area (Å²) in [6.45, 7) is 6.09. The van der Waals surface area contributed by atoms with E-state index in [9.17, 15) is 13.6 Å². The van der Waals surface area contributed by atoms with Gasteiger partial charge in [0.25, 0.3) is 5.92 Å². The van der Waals surface area contributed by atoms with Gasteiger partial charge in [-0.25, -0.2) is 8.78 Å². The Labute approximate surface area is 154 Å². The van der Waals surface area contributed by atoms with Gasteiger partial charge in [0.2, 0.25) is 0 Å². The normalized spacial score (nSPS) is 53.5. The fraction of sp³-hybridized carbons (Fsp3) is 0.864. The van der Waals surface area contributed by atoms with Crippen molar-refractivity contribution in [2.24, 2.45) is 40.4 Å². The third-order valence-corrected chi connectivity index (χ3v) is 9.26. The zero-order chi connectivity index (χ0) is 18.5. The van der Waals surface area contributed by atoms with Gasteiger partial charge >= 0.3 is 5.97 Å². The molecule has 0 aromatic heterocycles. The molecule has 26 heavy (non-hydrogen) atoms. The second kappa shape index (κ2) is 5.11. The van der Waals surface area contributed by atoms with E-state index in [4.69, 9.17) is 4.74 Å². The van der Waals surface area contributed by atoms with Gasteiger partial charge in [0.05, 0.1) is 5.92 Å². The molecule has 4 heteroatoms. The summed E-state index contributed by atoms with van der Waals surface area (Å²) in [5, 5.41) is 0. The van der Waals surface area contributed by atoms with Crippen LogP contribution in [0.2, 0.25) is 0 Å². The largest absolute Gasteiger partial charge is 0.462 e. The maximum Gasteiger partial charge on any atom is 0.302 e. The Morgan fingerprint density at radius 3 is 2.54 bits per heavy atom. The highest BCUT2D eigenvalue weighted by Crippen LogP contribution is 2.73. The smallest absolute Gasteiger partial charge is 0.302 e. The average molecular weight is 364 g/mol. The highest BCUT2D eigenvalue weighted by Gasteiger charge is 2.74. The zero-order valence-electron chi connectivity index (χ0n) is 16.1. The van der Waals surface area contributed by atoms with Gasteiger partial charge in [-0.15, -0.1) is 0 Å². The van der Waals surface area contributed by atoms with E-state index in [1.54, 1.807) is 0 Å². The van der Waals surface area contributed by atoms with E-state index in [2.05, 4.69) is 19.9 Å². The number of rotatable bonds is 1. The van der Waals surface area contributed by atoms with Crippen molar-refractivity contribution >= 4 is 5.97 Å². The van der Waals surface area contributed by atoms with E-state index in [1.165, 1.54) is 6.92 Å². The van der Waals surface area contributed by atoms with Crippen LogP contribution in [0.5, 0.6) is 0 Å². The van der Waals surface area contributed by atoms with E-state index in [1.807, 2.05) is 0 Å². The quantitative estimate of drug-likeness (QED) is 0.462. The lowest BCUT2D eigenvalue weighted by Gasteiger charge is -2.57. The Morgan fingerprint density at radius 1 is 1.08 bits per heavy atom. The molecule has 0 aromatic carbocycles. The molecule has 5 rings (SSSR count). The predicted octanol–water partition coefficient (Wildman–Crippen LogP) is 5.37. The molecule has 5 aliphatic carbocycles. The molecule has 0 amide bonds. The van der Waals surface area contributed by atoms with Crippen LogP contribution in [-0.2, 0) is 9.53 Å². The van der Waals surface area contributed by atoms with Crippen molar-refractivity contribution in [1.29, 1.82) is 0 Å². The van der Waals surface area contributed by atoms with Gasteiger partial charge < -0.3 is 4.74 Å². The summed E-state index contributed by atoms with van der Waals surface area (Å²) in [7, 11) is 0. The van der Waals surface area contributed by atoms with Crippen molar-refractivity contribution in [3.05, 3.63) is 11.6 Å². The van der Waals surface area contributed by atoms with Crippen molar-refractivity contribution in [1.82, 2.24) is 0 Å². The number of halogens is 2. The van der Waals surface area contributed by atoms with Crippen molar-refractivity contribution in [2.45, 2.75) is 77.7 Å². The van der Waals surface area contributed by atoms with Crippen LogP contribution >= 0.6 is 0 Å². The van der Waals surface area contributed by atoms with Crippen molar-refractivity contribution in [3.63, 3.8) is 0 Å². The third-order valence-electron chi connectivity index (χ3n) is 9.26. The van der Waals surface area contributed by atoms with Crippen LogP contribution in [0.1, 0.15) is 65.7 Å². The Bertz CT molecular complexity index is 686. The molecule has 0 saturated heterocycles. The van der Waals surface area contributed by atoms with Gasteiger partial charge in [-0.3, -0.25) is 4.79 Å². The molecule has 4 saturated carbocycles. The second-order valence-corrected chi connectivity index (χ2v) is 10.2. The van der Waals surface area contributed by atoms with E-state index < -0.39 is 11.8 Å². The summed E-state index contributed by atoms with van der Waals surface area (Å²) >= 11 is 0. The number of ether oxygens (including phenoxy) is 1. The van der Waals surface area contributed by atoms with E-state index in [0.29, 0.717) is 24.2 Å². The molecule has 144 valence electrons. The minimum atomic E-state index is -2.45. The molecule has 4 fully saturated rings. The number of carbonyl (C=O) groups excluding carboxylic acids is 1.